The third kappa shape index (κ3) is 3.74. The molecule has 1 amide bonds. The van der Waals surface area contributed by atoms with Crippen molar-refractivity contribution in [2.45, 2.75) is 26.3 Å². The molecule has 2 atom stereocenters. The zero-order chi connectivity index (χ0) is 13.7. The minimum absolute atomic E-state index is 0.189. The first-order valence-corrected chi connectivity index (χ1v) is 6.10. The van der Waals surface area contributed by atoms with Crippen LogP contribution in [0.3, 0.4) is 0 Å². The Morgan fingerprint density at radius 3 is 2.33 bits per heavy atom. The van der Waals surface area contributed by atoms with Gasteiger partial charge in [-0.3, -0.25) is 4.79 Å². The van der Waals surface area contributed by atoms with E-state index in [1.807, 2.05) is 6.92 Å². The van der Waals surface area contributed by atoms with Crippen molar-refractivity contribution < 1.29 is 14.7 Å². The van der Waals surface area contributed by atoms with Gasteiger partial charge < -0.3 is 15.2 Å². The van der Waals surface area contributed by atoms with Crippen molar-refractivity contribution in [1.82, 2.24) is 5.32 Å². The van der Waals surface area contributed by atoms with Crippen molar-refractivity contribution in [2.24, 2.45) is 5.92 Å². The third-order valence-electron chi connectivity index (χ3n) is 2.86. The number of halogens is 1. The Balaban J connectivity index is 2.78. The molecule has 0 radical (unpaired) electrons. The molecule has 0 saturated carbocycles. The highest BCUT2D eigenvalue weighted by atomic mass is 35.5. The normalized spacial score (nSPS) is 13.7. The molecule has 0 aliphatic rings. The van der Waals surface area contributed by atoms with Gasteiger partial charge in [0, 0.05) is 10.6 Å². The standard InChI is InChI=1S/C13H16ClNO3/c1-3-8(2)11(13(17)18)15-12(16)9-4-6-10(14)7-5-9/h4-8,11H,3H2,1-2H3,(H,15,16)(H,17,18)/p-1/t8-,11+/m1/s1. The molecule has 98 valence electrons. The maximum Gasteiger partial charge on any atom is 0.251 e. The van der Waals surface area contributed by atoms with E-state index in [0.717, 1.165) is 0 Å². The van der Waals surface area contributed by atoms with E-state index < -0.39 is 17.9 Å². The van der Waals surface area contributed by atoms with Gasteiger partial charge in [0.2, 0.25) is 0 Å². The summed E-state index contributed by atoms with van der Waals surface area (Å²) in [6.45, 7) is 3.61. The smallest absolute Gasteiger partial charge is 0.251 e. The SMILES string of the molecule is CC[C@@H](C)[C@H](NC(=O)c1ccc(Cl)cc1)C(=O)[O-]. The lowest BCUT2D eigenvalue weighted by Gasteiger charge is -2.25. The fourth-order valence-electron chi connectivity index (χ4n) is 1.50. The molecule has 0 unspecified atom stereocenters. The second-order valence-corrected chi connectivity index (χ2v) is 4.60. The molecule has 18 heavy (non-hydrogen) atoms. The summed E-state index contributed by atoms with van der Waals surface area (Å²) < 4.78 is 0. The van der Waals surface area contributed by atoms with Gasteiger partial charge in [0.1, 0.15) is 0 Å². The molecular weight excluding hydrogens is 254 g/mol. The fourth-order valence-corrected chi connectivity index (χ4v) is 1.62. The number of rotatable bonds is 5. The molecule has 0 aliphatic heterocycles. The van der Waals surface area contributed by atoms with Crippen LogP contribution < -0.4 is 10.4 Å². The van der Waals surface area contributed by atoms with Crippen LogP contribution in [0, 0.1) is 5.92 Å². The molecule has 0 heterocycles. The van der Waals surface area contributed by atoms with Gasteiger partial charge in [0.25, 0.3) is 5.91 Å². The number of hydrogen-bond acceptors (Lipinski definition) is 3. The van der Waals surface area contributed by atoms with Gasteiger partial charge in [0.15, 0.2) is 0 Å². The number of amides is 1. The molecule has 0 aliphatic carbocycles. The summed E-state index contributed by atoms with van der Waals surface area (Å²) in [4.78, 5) is 22.8. The van der Waals surface area contributed by atoms with Crippen LogP contribution in [0.4, 0.5) is 0 Å². The highest BCUT2D eigenvalue weighted by Gasteiger charge is 2.19. The van der Waals surface area contributed by atoms with Crippen LogP contribution in [0.2, 0.25) is 5.02 Å². The van der Waals surface area contributed by atoms with E-state index in [-0.39, 0.29) is 5.92 Å². The number of aliphatic carboxylic acids is 1. The topological polar surface area (TPSA) is 69.2 Å². The Bertz CT molecular complexity index is 430. The average Bonchev–Trinajstić information content (AvgIpc) is 2.35. The van der Waals surface area contributed by atoms with Crippen molar-refractivity contribution >= 4 is 23.5 Å². The number of carboxylic acid groups (broad SMARTS) is 1. The zero-order valence-corrected chi connectivity index (χ0v) is 11.0. The van der Waals surface area contributed by atoms with E-state index in [0.29, 0.717) is 17.0 Å². The summed E-state index contributed by atoms with van der Waals surface area (Å²) in [5.41, 5.74) is 0.369. The largest absolute Gasteiger partial charge is 0.548 e. The van der Waals surface area contributed by atoms with Crippen LogP contribution in [0.5, 0.6) is 0 Å². The van der Waals surface area contributed by atoms with Crippen LogP contribution in [0.15, 0.2) is 24.3 Å². The summed E-state index contributed by atoms with van der Waals surface area (Å²) >= 11 is 5.71. The van der Waals surface area contributed by atoms with Gasteiger partial charge in [-0.05, 0) is 30.2 Å². The van der Waals surface area contributed by atoms with Gasteiger partial charge in [0.05, 0.1) is 12.0 Å². The summed E-state index contributed by atoms with van der Waals surface area (Å²) in [5.74, 6) is -1.90. The van der Waals surface area contributed by atoms with E-state index in [1.54, 1.807) is 31.2 Å². The second kappa shape index (κ2) is 6.40. The van der Waals surface area contributed by atoms with Crippen molar-refractivity contribution in [2.75, 3.05) is 0 Å². The first kappa shape index (κ1) is 14.5. The lowest BCUT2D eigenvalue weighted by molar-refractivity contribution is -0.309. The molecule has 1 rings (SSSR count). The second-order valence-electron chi connectivity index (χ2n) is 4.16. The van der Waals surface area contributed by atoms with Crippen LogP contribution in [-0.4, -0.2) is 17.9 Å². The van der Waals surface area contributed by atoms with E-state index in [1.165, 1.54) is 0 Å². The van der Waals surface area contributed by atoms with Gasteiger partial charge in [-0.15, -0.1) is 0 Å². The third-order valence-corrected chi connectivity index (χ3v) is 3.11. The molecule has 1 aromatic carbocycles. The van der Waals surface area contributed by atoms with Gasteiger partial charge in [-0.2, -0.15) is 0 Å². The van der Waals surface area contributed by atoms with Crippen LogP contribution in [0.1, 0.15) is 30.6 Å². The lowest BCUT2D eigenvalue weighted by atomic mass is 9.99. The minimum atomic E-state index is -1.27. The predicted molar refractivity (Wildman–Crippen MR) is 67.2 cm³/mol. The van der Waals surface area contributed by atoms with Crippen LogP contribution in [-0.2, 0) is 4.79 Å². The molecule has 5 heteroatoms. The van der Waals surface area contributed by atoms with Gasteiger partial charge >= 0.3 is 0 Å². The van der Waals surface area contributed by atoms with Crippen molar-refractivity contribution in [3.63, 3.8) is 0 Å². The molecule has 0 spiro atoms. The number of carbonyl (C=O) groups excluding carboxylic acids is 2. The van der Waals surface area contributed by atoms with E-state index in [2.05, 4.69) is 5.32 Å². The van der Waals surface area contributed by atoms with Crippen molar-refractivity contribution in [3.8, 4) is 0 Å². The predicted octanol–water partition coefficient (Wildman–Crippen LogP) is 1.23. The number of nitrogens with one attached hydrogen (secondary N) is 1. The molecule has 1 N–H and O–H groups in total. The minimum Gasteiger partial charge on any atom is -0.548 e. The van der Waals surface area contributed by atoms with Gasteiger partial charge in [-0.1, -0.05) is 31.9 Å². The molecule has 0 aromatic heterocycles. The summed E-state index contributed by atoms with van der Waals surface area (Å²) in [5, 5.41) is 14.0. The summed E-state index contributed by atoms with van der Waals surface area (Å²) in [7, 11) is 0. The van der Waals surface area contributed by atoms with Gasteiger partial charge in [-0.25, -0.2) is 0 Å². The zero-order valence-electron chi connectivity index (χ0n) is 10.3. The maximum absolute atomic E-state index is 11.8. The Morgan fingerprint density at radius 2 is 1.89 bits per heavy atom. The lowest BCUT2D eigenvalue weighted by Crippen LogP contribution is -2.51. The molecular formula is C13H15ClNO3-. The van der Waals surface area contributed by atoms with Crippen LogP contribution >= 0.6 is 11.6 Å². The van der Waals surface area contributed by atoms with Crippen molar-refractivity contribution in [3.05, 3.63) is 34.9 Å². The van der Waals surface area contributed by atoms with E-state index >= 15 is 0 Å². The van der Waals surface area contributed by atoms with E-state index in [9.17, 15) is 14.7 Å². The Labute approximate surface area is 111 Å². The Hall–Kier alpha value is -1.55. The monoisotopic (exact) mass is 268 g/mol. The molecule has 0 bridgehead atoms. The molecule has 1 aromatic rings. The number of hydrogen-bond donors (Lipinski definition) is 1. The highest BCUT2D eigenvalue weighted by molar-refractivity contribution is 6.30. The first-order valence-electron chi connectivity index (χ1n) is 5.73. The van der Waals surface area contributed by atoms with Crippen LogP contribution in [0.25, 0.3) is 0 Å². The number of carbonyl (C=O) groups is 2. The molecule has 0 fully saturated rings. The van der Waals surface area contributed by atoms with E-state index in [4.69, 9.17) is 11.6 Å². The number of benzene rings is 1. The first-order chi connectivity index (χ1) is 8.45. The number of carboxylic acids is 1. The average molecular weight is 269 g/mol. The summed E-state index contributed by atoms with van der Waals surface area (Å²) in [6.07, 6.45) is 0.638. The fraction of sp³-hybridized carbons (Fsp3) is 0.385. The summed E-state index contributed by atoms with van der Waals surface area (Å²) in [6, 6.07) is 5.25. The maximum atomic E-state index is 11.8. The highest BCUT2D eigenvalue weighted by Crippen LogP contribution is 2.11. The molecule has 4 nitrogen and oxygen atoms in total. The Kier molecular flexibility index (Phi) is 5.16. The molecule has 0 saturated heterocycles. The van der Waals surface area contributed by atoms with Crippen molar-refractivity contribution in [1.29, 1.82) is 0 Å². The quantitative estimate of drug-likeness (QED) is 0.873. The Morgan fingerprint density at radius 1 is 1.33 bits per heavy atom.